The summed E-state index contributed by atoms with van der Waals surface area (Å²) in [5.74, 6) is -0.263. The van der Waals surface area contributed by atoms with Crippen molar-refractivity contribution in [1.29, 1.82) is 0 Å². The van der Waals surface area contributed by atoms with Gasteiger partial charge in [-0.15, -0.1) is 0 Å². The Labute approximate surface area is 111 Å². The van der Waals surface area contributed by atoms with E-state index >= 15 is 0 Å². The van der Waals surface area contributed by atoms with Gasteiger partial charge < -0.3 is 11.1 Å². The highest BCUT2D eigenvalue weighted by Gasteiger charge is 2.37. The molecular formula is C14H29N3O. The van der Waals surface area contributed by atoms with E-state index in [4.69, 9.17) is 5.73 Å². The van der Waals surface area contributed by atoms with Gasteiger partial charge in [0.15, 0.2) is 0 Å². The molecule has 0 aromatic rings. The summed E-state index contributed by atoms with van der Waals surface area (Å²) in [6, 6.07) is 1.31. The Balaban J connectivity index is 2.79. The second-order valence-corrected chi connectivity index (χ2v) is 6.30. The molecule has 1 saturated heterocycles. The molecule has 4 heteroatoms. The average Bonchev–Trinajstić information content (AvgIpc) is 2.22. The first-order valence-corrected chi connectivity index (χ1v) is 7.09. The first-order valence-electron chi connectivity index (χ1n) is 7.09. The van der Waals surface area contributed by atoms with E-state index in [0.717, 1.165) is 0 Å². The summed E-state index contributed by atoms with van der Waals surface area (Å²) in [6.45, 7) is 11.2. The van der Waals surface area contributed by atoms with Gasteiger partial charge in [0.1, 0.15) is 5.54 Å². The number of piperidine rings is 1. The van der Waals surface area contributed by atoms with Gasteiger partial charge in [-0.05, 0) is 47.5 Å². The van der Waals surface area contributed by atoms with E-state index in [1.807, 2.05) is 20.8 Å². The van der Waals surface area contributed by atoms with Gasteiger partial charge in [-0.3, -0.25) is 9.69 Å². The third-order valence-electron chi connectivity index (χ3n) is 4.03. The van der Waals surface area contributed by atoms with E-state index < -0.39 is 5.54 Å². The molecule has 0 bridgehead atoms. The van der Waals surface area contributed by atoms with Crippen LogP contribution in [0, 0.1) is 0 Å². The van der Waals surface area contributed by atoms with E-state index in [0.29, 0.717) is 18.6 Å². The minimum Gasteiger partial charge on any atom is -0.368 e. The van der Waals surface area contributed by atoms with E-state index in [2.05, 4.69) is 24.1 Å². The van der Waals surface area contributed by atoms with Crippen LogP contribution in [0.25, 0.3) is 0 Å². The minimum atomic E-state index is -0.645. The van der Waals surface area contributed by atoms with Crippen molar-refractivity contribution in [3.8, 4) is 0 Å². The summed E-state index contributed by atoms with van der Waals surface area (Å²) < 4.78 is 0. The normalized spacial score (nSPS) is 29.2. The topological polar surface area (TPSA) is 58.4 Å². The van der Waals surface area contributed by atoms with E-state index in [-0.39, 0.29) is 11.9 Å². The lowest BCUT2D eigenvalue weighted by molar-refractivity contribution is -0.125. The van der Waals surface area contributed by atoms with Crippen LogP contribution >= 0.6 is 0 Å². The SMILES string of the molecule is CC(C)NC(C)(CN1[C@H](C)CCC[C@@H]1C)C(N)=O. The van der Waals surface area contributed by atoms with E-state index in [1.165, 1.54) is 19.3 Å². The Hall–Kier alpha value is -0.610. The molecule has 1 aliphatic heterocycles. The molecule has 106 valence electrons. The van der Waals surface area contributed by atoms with Crippen LogP contribution in [0.5, 0.6) is 0 Å². The number of hydrogen-bond acceptors (Lipinski definition) is 3. The van der Waals surface area contributed by atoms with E-state index in [1.54, 1.807) is 0 Å². The molecule has 0 saturated carbocycles. The highest BCUT2D eigenvalue weighted by Crippen LogP contribution is 2.24. The summed E-state index contributed by atoms with van der Waals surface area (Å²) >= 11 is 0. The quantitative estimate of drug-likeness (QED) is 0.782. The zero-order valence-corrected chi connectivity index (χ0v) is 12.5. The van der Waals surface area contributed by atoms with Crippen LogP contribution < -0.4 is 11.1 Å². The fourth-order valence-corrected chi connectivity index (χ4v) is 2.98. The molecule has 1 fully saturated rings. The molecule has 1 amide bonds. The molecule has 0 aliphatic carbocycles. The van der Waals surface area contributed by atoms with Crippen LogP contribution in [0.3, 0.4) is 0 Å². The lowest BCUT2D eigenvalue weighted by atomic mass is 9.92. The van der Waals surface area contributed by atoms with Gasteiger partial charge in [0, 0.05) is 24.7 Å². The molecule has 0 aromatic heterocycles. The Morgan fingerprint density at radius 2 is 1.89 bits per heavy atom. The number of likely N-dealkylation sites (tertiary alicyclic amines) is 1. The number of carbonyl (C=O) groups excluding carboxylic acids is 1. The zero-order chi connectivity index (χ0) is 13.9. The number of nitrogens with zero attached hydrogens (tertiary/aromatic N) is 1. The van der Waals surface area contributed by atoms with Crippen LogP contribution in [0.1, 0.15) is 53.9 Å². The van der Waals surface area contributed by atoms with Crippen molar-refractivity contribution < 1.29 is 4.79 Å². The second-order valence-electron chi connectivity index (χ2n) is 6.30. The lowest BCUT2D eigenvalue weighted by Gasteiger charge is -2.44. The maximum absolute atomic E-state index is 11.8. The van der Waals surface area contributed by atoms with Crippen LogP contribution in [-0.2, 0) is 4.79 Å². The van der Waals surface area contributed by atoms with Crippen molar-refractivity contribution in [1.82, 2.24) is 10.2 Å². The van der Waals surface area contributed by atoms with Gasteiger partial charge in [0.2, 0.25) is 5.91 Å². The molecular weight excluding hydrogens is 226 g/mol. The van der Waals surface area contributed by atoms with E-state index in [9.17, 15) is 4.79 Å². The van der Waals surface area contributed by atoms with Crippen LogP contribution in [0.2, 0.25) is 0 Å². The number of nitrogens with one attached hydrogen (secondary N) is 1. The van der Waals surface area contributed by atoms with Crippen molar-refractivity contribution in [2.75, 3.05) is 6.54 Å². The Kier molecular flexibility index (Phi) is 5.17. The van der Waals surface area contributed by atoms with Gasteiger partial charge in [-0.2, -0.15) is 0 Å². The molecule has 1 rings (SSSR count). The number of nitrogens with two attached hydrogens (primary N) is 1. The van der Waals surface area contributed by atoms with Crippen molar-refractivity contribution in [2.24, 2.45) is 5.73 Å². The fourth-order valence-electron chi connectivity index (χ4n) is 2.98. The van der Waals surface area contributed by atoms with Crippen molar-refractivity contribution in [2.45, 2.75) is 77.5 Å². The number of primary amides is 1. The maximum Gasteiger partial charge on any atom is 0.238 e. The van der Waals surface area contributed by atoms with Gasteiger partial charge in [0.25, 0.3) is 0 Å². The predicted molar refractivity (Wildman–Crippen MR) is 75.4 cm³/mol. The Morgan fingerprint density at radius 1 is 1.39 bits per heavy atom. The highest BCUT2D eigenvalue weighted by atomic mass is 16.1. The van der Waals surface area contributed by atoms with Crippen molar-refractivity contribution in [3.05, 3.63) is 0 Å². The number of carbonyl (C=O) groups is 1. The second kappa shape index (κ2) is 6.02. The molecule has 1 unspecified atom stereocenters. The average molecular weight is 255 g/mol. The molecule has 0 aromatic carbocycles. The molecule has 0 spiro atoms. The summed E-state index contributed by atoms with van der Waals surface area (Å²) in [4.78, 5) is 14.2. The van der Waals surface area contributed by atoms with Gasteiger partial charge >= 0.3 is 0 Å². The first kappa shape index (κ1) is 15.4. The summed E-state index contributed by atoms with van der Waals surface area (Å²) in [5.41, 5.74) is 4.95. The first-order chi connectivity index (χ1) is 8.26. The van der Waals surface area contributed by atoms with Gasteiger partial charge in [0.05, 0.1) is 0 Å². The maximum atomic E-state index is 11.8. The van der Waals surface area contributed by atoms with Gasteiger partial charge in [-0.25, -0.2) is 0 Å². The van der Waals surface area contributed by atoms with Gasteiger partial charge in [-0.1, -0.05) is 6.42 Å². The number of hydrogen-bond donors (Lipinski definition) is 2. The predicted octanol–water partition coefficient (Wildman–Crippen LogP) is 1.49. The molecule has 18 heavy (non-hydrogen) atoms. The molecule has 4 nitrogen and oxygen atoms in total. The van der Waals surface area contributed by atoms with Crippen molar-refractivity contribution >= 4 is 5.91 Å². The third kappa shape index (κ3) is 3.69. The lowest BCUT2D eigenvalue weighted by Crippen LogP contribution is -2.63. The molecule has 1 aliphatic rings. The fraction of sp³-hybridized carbons (Fsp3) is 0.929. The van der Waals surface area contributed by atoms with Crippen LogP contribution in [-0.4, -0.2) is 41.0 Å². The third-order valence-corrected chi connectivity index (χ3v) is 4.03. The largest absolute Gasteiger partial charge is 0.368 e. The summed E-state index contributed by atoms with van der Waals surface area (Å²) in [7, 11) is 0. The highest BCUT2D eigenvalue weighted by molar-refractivity contribution is 5.84. The summed E-state index contributed by atoms with van der Waals surface area (Å²) in [6.07, 6.45) is 3.70. The smallest absolute Gasteiger partial charge is 0.238 e. The zero-order valence-electron chi connectivity index (χ0n) is 12.5. The standard InChI is InChI=1S/C14H29N3O/c1-10(2)16-14(5,13(15)18)9-17-11(3)7-6-8-12(17)4/h10-12,16H,6-9H2,1-5H3,(H2,15,18)/t11-,12+,14?. The van der Waals surface area contributed by atoms with Crippen LogP contribution in [0.4, 0.5) is 0 Å². The molecule has 3 N–H and O–H groups in total. The Morgan fingerprint density at radius 3 is 2.28 bits per heavy atom. The summed E-state index contributed by atoms with van der Waals surface area (Å²) in [5, 5.41) is 3.33. The minimum absolute atomic E-state index is 0.248. The monoisotopic (exact) mass is 255 g/mol. The Bertz CT molecular complexity index is 283. The van der Waals surface area contributed by atoms with Crippen LogP contribution in [0.15, 0.2) is 0 Å². The molecule has 1 heterocycles. The van der Waals surface area contributed by atoms with Crippen molar-refractivity contribution in [3.63, 3.8) is 0 Å². The number of rotatable bonds is 5. The number of amides is 1. The molecule has 3 atom stereocenters. The molecule has 0 radical (unpaired) electrons.